The average Bonchev–Trinajstić information content (AvgIpc) is 2.78. The number of imidazole rings is 1. The number of aromatic carboxylic acids is 1. The van der Waals surface area contributed by atoms with Crippen molar-refractivity contribution < 1.29 is 9.90 Å². The van der Waals surface area contributed by atoms with Crippen molar-refractivity contribution in [2.45, 2.75) is 13.8 Å². The summed E-state index contributed by atoms with van der Waals surface area (Å²) in [6.45, 7) is 4.01. The lowest BCUT2D eigenvalue weighted by atomic mass is 10.0. The van der Waals surface area contributed by atoms with Gasteiger partial charge in [0, 0.05) is 11.8 Å². The third-order valence-electron chi connectivity index (χ3n) is 3.56. The Morgan fingerprint density at radius 2 is 2.00 bits per heavy atom. The molecule has 0 radical (unpaired) electrons. The van der Waals surface area contributed by atoms with Crippen LogP contribution in [-0.2, 0) is 0 Å². The zero-order chi connectivity index (χ0) is 15.1. The molecule has 3 aromatic rings. The van der Waals surface area contributed by atoms with Crippen LogP contribution in [0, 0.1) is 13.8 Å². The van der Waals surface area contributed by atoms with E-state index in [9.17, 15) is 4.79 Å². The largest absolute Gasteiger partial charge is 0.478 e. The molecule has 21 heavy (non-hydrogen) atoms. The molecule has 0 unspecified atom stereocenters. The molecule has 0 aliphatic rings. The summed E-state index contributed by atoms with van der Waals surface area (Å²) in [5.74, 6) is -0.469. The SMILES string of the molecule is Cc1ccc(C)c(-c2nc3cc(C(=O)O)ccn3c2N)c1. The van der Waals surface area contributed by atoms with Crippen molar-refractivity contribution >= 4 is 17.4 Å². The molecule has 5 heteroatoms. The molecule has 0 saturated carbocycles. The predicted octanol–water partition coefficient (Wildman–Crippen LogP) is 2.90. The summed E-state index contributed by atoms with van der Waals surface area (Å²) < 4.78 is 1.70. The summed E-state index contributed by atoms with van der Waals surface area (Å²) >= 11 is 0. The number of aromatic nitrogens is 2. The van der Waals surface area contributed by atoms with Crippen LogP contribution in [0.15, 0.2) is 36.5 Å². The van der Waals surface area contributed by atoms with Crippen molar-refractivity contribution in [1.82, 2.24) is 9.38 Å². The molecule has 0 aliphatic heterocycles. The number of pyridine rings is 1. The number of nitrogens with zero attached hydrogens (tertiary/aromatic N) is 2. The Balaban J connectivity index is 2.26. The number of anilines is 1. The lowest BCUT2D eigenvalue weighted by Crippen LogP contribution is -1.99. The van der Waals surface area contributed by atoms with Gasteiger partial charge in [-0.1, -0.05) is 17.7 Å². The maximum Gasteiger partial charge on any atom is 0.335 e. The Labute approximate surface area is 121 Å². The molecule has 0 aliphatic carbocycles. The summed E-state index contributed by atoms with van der Waals surface area (Å²) in [5, 5.41) is 9.05. The summed E-state index contributed by atoms with van der Waals surface area (Å²) in [6, 6.07) is 9.13. The molecule has 0 fully saturated rings. The van der Waals surface area contributed by atoms with Crippen LogP contribution >= 0.6 is 0 Å². The second-order valence-corrected chi connectivity index (χ2v) is 5.11. The minimum absolute atomic E-state index is 0.194. The Morgan fingerprint density at radius 3 is 2.71 bits per heavy atom. The first-order chi connectivity index (χ1) is 9.97. The first kappa shape index (κ1) is 13.2. The van der Waals surface area contributed by atoms with Gasteiger partial charge in [-0.25, -0.2) is 9.78 Å². The van der Waals surface area contributed by atoms with Crippen molar-refractivity contribution in [2.24, 2.45) is 0 Å². The number of carbonyl (C=O) groups is 1. The van der Waals surface area contributed by atoms with E-state index in [1.165, 1.54) is 12.1 Å². The van der Waals surface area contributed by atoms with E-state index >= 15 is 0 Å². The van der Waals surface area contributed by atoms with E-state index in [2.05, 4.69) is 4.98 Å². The lowest BCUT2D eigenvalue weighted by molar-refractivity contribution is 0.0697. The molecule has 0 amide bonds. The second-order valence-electron chi connectivity index (χ2n) is 5.11. The third kappa shape index (κ3) is 2.12. The minimum Gasteiger partial charge on any atom is -0.478 e. The highest BCUT2D eigenvalue weighted by molar-refractivity contribution is 5.89. The molecular formula is C16H15N3O2. The first-order valence-corrected chi connectivity index (χ1v) is 6.56. The molecule has 3 rings (SSSR count). The number of aryl methyl sites for hydroxylation is 2. The average molecular weight is 281 g/mol. The van der Waals surface area contributed by atoms with Gasteiger partial charge in [-0.3, -0.25) is 4.40 Å². The van der Waals surface area contributed by atoms with E-state index in [0.29, 0.717) is 17.2 Å². The van der Waals surface area contributed by atoms with Gasteiger partial charge in [0.05, 0.1) is 5.56 Å². The van der Waals surface area contributed by atoms with E-state index < -0.39 is 5.97 Å². The number of rotatable bonds is 2. The standard InChI is InChI=1S/C16H15N3O2/c1-9-3-4-10(2)12(7-9)14-15(17)19-6-5-11(16(20)21)8-13(19)18-14/h3-8H,17H2,1-2H3,(H,20,21). The van der Waals surface area contributed by atoms with Gasteiger partial charge >= 0.3 is 5.97 Å². The van der Waals surface area contributed by atoms with Gasteiger partial charge in [0.2, 0.25) is 0 Å². The number of carboxylic acids is 1. The maximum absolute atomic E-state index is 11.0. The van der Waals surface area contributed by atoms with Crippen molar-refractivity contribution in [3.8, 4) is 11.3 Å². The zero-order valence-electron chi connectivity index (χ0n) is 11.8. The van der Waals surface area contributed by atoms with E-state index in [0.717, 1.165) is 16.7 Å². The van der Waals surface area contributed by atoms with Gasteiger partial charge in [0.15, 0.2) is 0 Å². The van der Waals surface area contributed by atoms with Crippen LogP contribution in [0.2, 0.25) is 0 Å². The molecular weight excluding hydrogens is 266 g/mol. The second kappa shape index (κ2) is 4.63. The molecule has 0 atom stereocenters. The lowest BCUT2D eigenvalue weighted by Gasteiger charge is -2.05. The highest BCUT2D eigenvalue weighted by atomic mass is 16.4. The zero-order valence-corrected chi connectivity index (χ0v) is 11.8. The van der Waals surface area contributed by atoms with Crippen LogP contribution in [0.5, 0.6) is 0 Å². The van der Waals surface area contributed by atoms with Gasteiger partial charge in [-0.15, -0.1) is 0 Å². The molecule has 0 saturated heterocycles. The molecule has 1 aromatic carbocycles. The first-order valence-electron chi connectivity index (χ1n) is 6.56. The van der Waals surface area contributed by atoms with Gasteiger partial charge < -0.3 is 10.8 Å². The fourth-order valence-electron chi connectivity index (χ4n) is 2.39. The van der Waals surface area contributed by atoms with Crippen LogP contribution in [0.3, 0.4) is 0 Å². The summed E-state index contributed by atoms with van der Waals surface area (Å²) in [4.78, 5) is 15.5. The van der Waals surface area contributed by atoms with Crippen molar-refractivity contribution in [2.75, 3.05) is 5.73 Å². The summed E-state index contributed by atoms with van der Waals surface area (Å²) in [5.41, 5.74) is 10.7. The van der Waals surface area contributed by atoms with Crippen LogP contribution in [0.25, 0.3) is 16.9 Å². The Kier molecular flexibility index (Phi) is 2.90. The highest BCUT2D eigenvalue weighted by Crippen LogP contribution is 2.30. The van der Waals surface area contributed by atoms with Crippen LogP contribution in [0.1, 0.15) is 21.5 Å². The van der Waals surface area contributed by atoms with Crippen LogP contribution in [-0.4, -0.2) is 20.5 Å². The number of fused-ring (bicyclic) bond motifs is 1. The molecule has 2 aromatic heterocycles. The van der Waals surface area contributed by atoms with Gasteiger partial charge in [-0.05, 0) is 37.6 Å². The van der Waals surface area contributed by atoms with Gasteiger partial charge in [0.25, 0.3) is 0 Å². The Morgan fingerprint density at radius 1 is 1.24 bits per heavy atom. The summed E-state index contributed by atoms with van der Waals surface area (Å²) in [7, 11) is 0. The fourth-order valence-corrected chi connectivity index (χ4v) is 2.39. The summed E-state index contributed by atoms with van der Waals surface area (Å²) in [6.07, 6.45) is 1.63. The normalized spacial score (nSPS) is 11.0. The van der Waals surface area contributed by atoms with E-state index in [-0.39, 0.29) is 5.56 Å². The predicted molar refractivity (Wildman–Crippen MR) is 81.5 cm³/mol. The monoisotopic (exact) mass is 281 g/mol. The van der Waals surface area contributed by atoms with Gasteiger partial charge in [0.1, 0.15) is 17.2 Å². The Bertz CT molecular complexity index is 865. The van der Waals surface area contributed by atoms with Crippen molar-refractivity contribution in [3.05, 3.63) is 53.2 Å². The van der Waals surface area contributed by atoms with Crippen molar-refractivity contribution in [1.29, 1.82) is 0 Å². The maximum atomic E-state index is 11.0. The van der Waals surface area contributed by atoms with Crippen LogP contribution in [0.4, 0.5) is 5.82 Å². The number of nitrogens with two attached hydrogens (primary N) is 1. The number of hydrogen-bond donors (Lipinski definition) is 2. The smallest absolute Gasteiger partial charge is 0.335 e. The highest BCUT2D eigenvalue weighted by Gasteiger charge is 2.14. The molecule has 0 spiro atoms. The minimum atomic E-state index is -0.979. The van der Waals surface area contributed by atoms with Gasteiger partial charge in [-0.2, -0.15) is 0 Å². The van der Waals surface area contributed by atoms with Crippen molar-refractivity contribution in [3.63, 3.8) is 0 Å². The molecule has 2 heterocycles. The molecule has 0 bridgehead atoms. The molecule has 3 N–H and O–H groups in total. The van der Waals surface area contributed by atoms with E-state index in [1.54, 1.807) is 10.6 Å². The number of nitrogen functional groups attached to an aromatic ring is 1. The molecule has 106 valence electrons. The quantitative estimate of drug-likeness (QED) is 0.756. The molecule has 5 nitrogen and oxygen atoms in total. The Hall–Kier alpha value is -2.82. The number of hydrogen-bond acceptors (Lipinski definition) is 3. The van der Waals surface area contributed by atoms with E-state index in [4.69, 9.17) is 10.8 Å². The van der Waals surface area contributed by atoms with Crippen LogP contribution < -0.4 is 5.73 Å². The number of benzene rings is 1. The van der Waals surface area contributed by atoms with E-state index in [1.807, 2.05) is 32.0 Å². The fraction of sp³-hybridized carbons (Fsp3) is 0.125. The number of carboxylic acid groups (broad SMARTS) is 1. The third-order valence-corrected chi connectivity index (χ3v) is 3.56. The topological polar surface area (TPSA) is 80.6 Å².